The maximum absolute atomic E-state index is 14.5. The first-order chi connectivity index (χ1) is 39.9. The molecule has 3 N–H and O–H groups in total. The highest BCUT2D eigenvalue weighted by atomic mass is 16.5. The number of piperidine rings is 1. The Morgan fingerprint density at radius 3 is 2.17 bits per heavy atom. The first-order valence-electron chi connectivity index (χ1n) is 27.4. The van der Waals surface area contributed by atoms with Gasteiger partial charge in [0.05, 0.1) is 64.9 Å². The van der Waals surface area contributed by atoms with Crippen LogP contribution in [0.15, 0.2) is 103 Å². The van der Waals surface area contributed by atoms with E-state index >= 15 is 0 Å². The number of Topliss-reactive ketones (excluding diaryl/α,β-unsaturated/α-hetero) is 1. The van der Waals surface area contributed by atoms with E-state index in [1.54, 1.807) is 85.7 Å². The molecular formula is C60H64N10O12. The van der Waals surface area contributed by atoms with Gasteiger partial charge in [-0.3, -0.25) is 53.7 Å². The molecule has 0 saturated carbocycles. The molecule has 22 nitrogen and oxygen atoms in total. The van der Waals surface area contributed by atoms with Crippen molar-refractivity contribution in [3.8, 4) is 17.2 Å². The number of urea groups is 1. The maximum atomic E-state index is 14.5. The van der Waals surface area contributed by atoms with Crippen molar-refractivity contribution in [3.05, 3.63) is 126 Å². The fourth-order valence-electron chi connectivity index (χ4n) is 10.4. The predicted octanol–water partition coefficient (Wildman–Crippen LogP) is 6.87. The normalized spacial score (nSPS) is 16.3. The number of ketones is 1. The van der Waals surface area contributed by atoms with Crippen molar-refractivity contribution in [2.24, 2.45) is 0 Å². The number of hydrogen-bond acceptors (Lipinski definition) is 17. The van der Waals surface area contributed by atoms with E-state index < -0.39 is 29.7 Å². The Morgan fingerprint density at radius 2 is 1.45 bits per heavy atom. The Hall–Kier alpha value is -8.99. The lowest BCUT2D eigenvalue weighted by Gasteiger charge is -2.36. The zero-order valence-corrected chi connectivity index (χ0v) is 45.9. The molecule has 5 aromatic carbocycles. The number of hydrogen-bond donors (Lipinski definition) is 3. The van der Waals surface area contributed by atoms with Crippen molar-refractivity contribution in [1.29, 1.82) is 0 Å². The number of ether oxygens (including phenoxy) is 5. The van der Waals surface area contributed by atoms with Gasteiger partial charge in [0.25, 0.3) is 11.8 Å². The SMILES string of the molecule is CCC(=O)Nc1ccc(CN2C(=O)N(c3cc(OC)cc(OC)c3)Cc3cnc(Nc4ccc(N5CCN(CC(=O)CCCOCCOCCOc6cc7c8c(cccc8c6)C(=O)N(C6CCC(=O)NC6=O)C7=O)CC5)cc4)nc32)cc1. The molecule has 1 atom stereocenters. The van der Waals surface area contributed by atoms with Crippen LogP contribution in [-0.2, 0) is 41.7 Å². The third-order valence-electron chi connectivity index (χ3n) is 14.7. The molecule has 1 aromatic heterocycles. The number of fused-ring (bicyclic) bond motifs is 1. The smallest absolute Gasteiger partial charge is 0.330 e. The summed E-state index contributed by atoms with van der Waals surface area (Å²) in [5, 5.41) is 9.55. The molecule has 82 heavy (non-hydrogen) atoms. The molecule has 2 fully saturated rings. The molecule has 0 bridgehead atoms. The van der Waals surface area contributed by atoms with Gasteiger partial charge in [0.15, 0.2) is 0 Å². The molecule has 5 heterocycles. The van der Waals surface area contributed by atoms with Crippen LogP contribution in [-0.4, -0.2) is 147 Å². The second-order valence-electron chi connectivity index (χ2n) is 20.1. The number of amides is 7. The van der Waals surface area contributed by atoms with E-state index in [1.807, 2.05) is 48.5 Å². The number of rotatable bonds is 24. The fourth-order valence-corrected chi connectivity index (χ4v) is 10.4. The molecule has 426 valence electrons. The second kappa shape index (κ2) is 25.6. The van der Waals surface area contributed by atoms with Crippen LogP contribution in [0.1, 0.15) is 70.9 Å². The number of nitrogens with one attached hydrogen (secondary N) is 3. The standard InChI is InChI=1S/C60H64N10O12/c1-4-52(72)62-41-12-10-38(11-13-41)35-69-55-40(36-68(60(69)77)44-30-46(78-2)32-47(31-44)79-3)34-61-59(65-55)63-42-14-16-43(17-15-42)67-22-20-66(21-23-67)37-45(71)8-6-24-80-25-26-81-27-28-82-48-29-39-7-5-9-49-54(39)50(33-48)58(76)70(57(49)75)51-18-19-53(73)64-56(51)74/h5,7,9-17,29-34,51H,4,6,8,18-28,35-37H2,1-3H3,(H,62,72)(H,61,63,65)(H,64,73,74). The zero-order chi connectivity index (χ0) is 57.3. The zero-order valence-electron chi connectivity index (χ0n) is 45.9. The number of anilines is 6. The summed E-state index contributed by atoms with van der Waals surface area (Å²) in [6.45, 7) is 7.13. The number of piperazine rings is 1. The Kier molecular flexibility index (Phi) is 17.6. The van der Waals surface area contributed by atoms with E-state index in [0.717, 1.165) is 53.6 Å². The van der Waals surface area contributed by atoms with Gasteiger partial charge in [-0.15, -0.1) is 0 Å². The van der Waals surface area contributed by atoms with Crippen molar-refractivity contribution >= 4 is 86.6 Å². The lowest BCUT2D eigenvalue weighted by atomic mass is 9.91. The quantitative estimate of drug-likeness (QED) is 0.0413. The number of benzene rings is 5. The molecule has 4 aliphatic heterocycles. The Morgan fingerprint density at radius 1 is 0.744 bits per heavy atom. The van der Waals surface area contributed by atoms with Crippen LogP contribution in [0.3, 0.4) is 0 Å². The highest BCUT2D eigenvalue weighted by Gasteiger charge is 2.43. The van der Waals surface area contributed by atoms with Gasteiger partial charge in [0.2, 0.25) is 23.7 Å². The molecule has 0 radical (unpaired) electrons. The Bertz CT molecular complexity index is 3370. The number of aromatic nitrogens is 2. The number of carbonyl (C=O) groups is 7. The van der Waals surface area contributed by atoms with Gasteiger partial charge in [0, 0.05) is 110 Å². The largest absolute Gasteiger partial charge is 0.497 e. The average molecular weight is 1120 g/mol. The van der Waals surface area contributed by atoms with E-state index in [-0.39, 0.29) is 62.4 Å². The van der Waals surface area contributed by atoms with Crippen molar-refractivity contribution < 1.29 is 57.2 Å². The van der Waals surface area contributed by atoms with Gasteiger partial charge in [-0.05, 0) is 78.4 Å². The molecule has 22 heteroatoms. The summed E-state index contributed by atoms with van der Waals surface area (Å²) in [4.78, 5) is 109. The summed E-state index contributed by atoms with van der Waals surface area (Å²) in [6.07, 6.45) is 3.18. The lowest BCUT2D eigenvalue weighted by molar-refractivity contribution is -0.136. The number of nitrogens with zero attached hydrogens (tertiary/aromatic N) is 7. The minimum absolute atomic E-state index is 0.0271. The van der Waals surface area contributed by atoms with E-state index in [4.69, 9.17) is 28.7 Å². The highest BCUT2D eigenvalue weighted by molar-refractivity contribution is 6.27. The van der Waals surface area contributed by atoms with Gasteiger partial charge < -0.3 is 39.2 Å². The monoisotopic (exact) mass is 1120 g/mol. The minimum atomic E-state index is -1.09. The summed E-state index contributed by atoms with van der Waals surface area (Å²) in [6, 6.07) is 27.7. The van der Waals surface area contributed by atoms with Crippen LogP contribution in [0.25, 0.3) is 10.8 Å². The van der Waals surface area contributed by atoms with E-state index in [9.17, 15) is 33.6 Å². The summed E-state index contributed by atoms with van der Waals surface area (Å²) in [5.41, 5.74) is 5.18. The second-order valence-corrected chi connectivity index (χ2v) is 20.1. The lowest BCUT2D eigenvalue weighted by Crippen LogP contribution is -2.57. The predicted molar refractivity (Wildman–Crippen MR) is 305 cm³/mol. The summed E-state index contributed by atoms with van der Waals surface area (Å²) >= 11 is 0. The van der Waals surface area contributed by atoms with Gasteiger partial charge >= 0.3 is 6.03 Å². The third-order valence-corrected chi connectivity index (χ3v) is 14.7. The van der Waals surface area contributed by atoms with E-state index in [2.05, 4.69) is 30.7 Å². The molecule has 10 rings (SSSR count). The fraction of sp³-hybridized carbons (Fsp3) is 0.350. The molecule has 0 spiro atoms. The van der Waals surface area contributed by atoms with Crippen molar-refractivity contribution in [2.75, 3.05) is 105 Å². The van der Waals surface area contributed by atoms with Crippen LogP contribution in [0.5, 0.6) is 17.2 Å². The van der Waals surface area contributed by atoms with Gasteiger partial charge in [-0.1, -0.05) is 31.2 Å². The number of imide groups is 2. The molecular weight excluding hydrogens is 1050 g/mol. The molecule has 0 aliphatic carbocycles. The molecule has 4 aliphatic rings. The average Bonchev–Trinajstić information content (AvgIpc) is 3.06. The Labute approximate surface area is 473 Å². The van der Waals surface area contributed by atoms with Crippen molar-refractivity contribution in [2.45, 2.75) is 58.2 Å². The van der Waals surface area contributed by atoms with E-state index in [1.165, 1.54) is 0 Å². The first-order valence-corrected chi connectivity index (χ1v) is 27.4. The van der Waals surface area contributed by atoms with Crippen LogP contribution in [0.2, 0.25) is 0 Å². The van der Waals surface area contributed by atoms with Crippen molar-refractivity contribution in [1.82, 2.24) is 25.1 Å². The van der Waals surface area contributed by atoms with Crippen LogP contribution in [0, 0.1) is 0 Å². The molecule has 1 unspecified atom stereocenters. The molecule has 2 saturated heterocycles. The maximum Gasteiger partial charge on any atom is 0.330 e. The number of carbonyl (C=O) groups excluding carboxylic acids is 7. The van der Waals surface area contributed by atoms with Crippen LogP contribution in [0.4, 0.5) is 39.3 Å². The van der Waals surface area contributed by atoms with E-state index in [0.29, 0.717) is 102 Å². The van der Waals surface area contributed by atoms with Crippen LogP contribution >= 0.6 is 0 Å². The third kappa shape index (κ3) is 12.9. The first kappa shape index (κ1) is 56.3. The topological polar surface area (TPSA) is 244 Å². The van der Waals surface area contributed by atoms with Gasteiger partial charge in [0.1, 0.15) is 41.5 Å². The van der Waals surface area contributed by atoms with Crippen LogP contribution < -0.4 is 44.9 Å². The van der Waals surface area contributed by atoms with Crippen molar-refractivity contribution in [3.63, 3.8) is 0 Å². The minimum Gasteiger partial charge on any atom is -0.497 e. The number of methoxy groups -OCH3 is 2. The summed E-state index contributed by atoms with van der Waals surface area (Å²) < 4.78 is 28.4. The summed E-state index contributed by atoms with van der Waals surface area (Å²) in [7, 11) is 3.12. The van der Waals surface area contributed by atoms with Gasteiger partial charge in [-0.25, -0.2) is 9.78 Å². The molecule has 7 amide bonds. The molecule has 6 aromatic rings. The summed E-state index contributed by atoms with van der Waals surface area (Å²) in [5.74, 6) is 0.0422. The Balaban J connectivity index is 0.643. The van der Waals surface area contributed by atoms with Gasteiger partial charge in [-0.2, -0.15) is 4.98 Å². The highest BCUT2D eigenvalue weighted by Crippen LogP contribution is 2.38.